The highest BCUT2D eigenvalue weighted by molar-refractivity contribution is 5.85. The number of carbonyl (C=O) groups excluding carboxylic acids is 1. The Hall–Kier alpha value is -0.320. The highest BCUT2D eigenvalue weighted by Gasteiger charge is 2.18. The minimum absolute atomic E-state index is 0. The Kier molecular flexibility index (Phi) is 7.72. The van der Waals surface area contributed by atoms with E-state index in [1.807, 2.05) is 6.92 Å². The summed E-state index contributed by atoms with van der Waals surface area (Å²) in [6.45, 7) is 8.61. The van der Waals surface area contributed by atoms with Gasteiger partial charge in [-0.1, -0.05) is 13.8 Å². The van der Waals surface area contributed by atoms with E-state index in [9.17, 15) is 4.79 Å². The summed E-state index contributed by atoms with van der Waals surface area (Å²) in [6.07, 6.45) is 0.502. The van der Waals surface area contributed by atoms with Gasteiger partial charge < -0.3 is 15.4 Å². The van der Waals surface area contributed by atoms with E-state index < -0.39 is 0 Å². The second-order valence-corrected chi connectivity index (χ2v) is 4.50. The molecule has 2 N–H and O–H groups in total. The van der Waals surface area contributed by atoms with Crippen molar-refractivity contribution in [1.29, 1.82) is 0 Å². The van der Waals surface area contributed by atoms with Gasteiger partial charge in [0.25, 0.3) is 0 Å². The van der Waals surface area contributed by atoms with Crippen LogP contribution in [-0.2, 0) is 9.53 Å². The molecule has 1 heterocycles. The Bertz CT molecular complexity index is 206. The van der Waals surface area contributed by atoms with Gasteiger partial charge in [0.05, 0.1) is 19.1 Å². The summed E-state index contributed by atoms with van der Waals surface area (Å²) >= 11 is 0. The Morgan fingerprint density at radius 2 is 2.19 bits per heavy atom. The van der Waals surface area contributed by atoms with Gasteiger partial charge in [-0.25, -0.2) is 0 Å². The number of nitrogens with one attached hydrogen (secondary N) is 2. The predicted octanol–water partition coefficient (Wildman–Crippen LogP) is 0.947. The molecule has 96 valence electrons. The standard InChI is InChI=1S/C11H22N2O2.ClH/c1-8(2)9(3)13-11(14)6-10-7-12-4-5-15-10;/h8-10,12H,4-7H2,1-3H3,(H,13,14);1H. The van der Waals surface area contributed by atoms with Crippen LogP contribution in [0.25, 0.3) is 0 Å². The van der Waals surface area contributed by atoms with Gasteiger partial charge in [-0.15, -0.1) is 12.4 Å². The van der Waals surface area contributed by atoms with E-state index >= 15 is 0 Å². The first-order valence-electron chi connectivity index (χ1n) is 5.71. The average Bonchev–Trinajstić information content (AvgIpc) is 2.18. The van der Waals surface area contributed by atoms with Crippen LogP contribution in [0.1, 0.15) is 27.2 Å². The smallest absolute Gasteiger partial charge is 0.222 e. The fourth-order valence-electron chi connectivity index (χ4n) is 1.44. The second-order valence-electron chi connectivity index (χ2n) is 4.50. The summed E-state index contributed by atoms with van der Waals surface area (Å²) in [5.74, 6) is 0.559. The molecule has 0 aromatic carbocycles. The summed E-state index contributed by atoms with van der Waals surface area (Å²) in [5.41, 5.74) is 0. The Morgan fingerprint density at radius 1 is 1.50 bits per heavy atom. The molecule has 1 aliphatic rings. The van der Waals surface area contributed by atoms with Crippen molar-refractivity contribution in [3.8, 4) is 0 Å². The van der Waals surface area contributed by atoms with Gasteiger partial charge in [0.2, 0.25) is 5.91 Å². The molecule has 1 rings (SSSR count). The van der Waals surface area contributed by atoms with Crippen LogP contribution in [0.5, 0.6) is 0 Å². The van der Waals surface area contributed by atoms with Crippen LogP contribution >= 0.6 is 12.4 Å². The van der Waals surface area contributed by atoms with E-state index in [0.717, 1.165) is 13.1 Å². The lowest BCUT2D eigenvalue weighted by molar-refractivity contribution is -0.125. The van der Waals surface area contributed by atoms with Gasteiger partial charge in [-0.05, 0) is 12.8 Å². The van der Waals surface area contributed by atoms with E-state index in [-0.39, 0.29) is 30.5 Å². The highest BCUT2D eigenvalue weighted by Crippen LogP contribution is 2.04. The summed E-state index contributed by atoms with van der Waals surface area (Å²) < 4.78 is 5.47. The fraction of sp³-hybridized carbons (Fsp3) is 0.909. The average molecular weight is 251 g/mol. The molecule has 1 saturated heterocycles. The van der Waals surface area contributed by atoms with Crippen LogP contribution in [0, 0.1) is 5.92 Å². The molecule has 0 aromatic rings. The lowest BCUT2D eigenvalue weighted by atomic mass is 10.1. The zero-order chi connectivity index (χ0) is 11.3. The third-order valence-electron chi connectivity index (χ3n) is 2.81. The second kappa shape index (κ2) is 7.87. The van der Waals surface area contributed by atoms with E-state index in [1.165, 1.54) is 0 Å². The molecule has 0 aliphatic carbocycles. The van der Waals surface area contributed by atoms with Gasteiger partial charge in [0.1, 0.15) is 0 Å². The molecule has 1 aliphatic heterocycles. The summed E-state index contributed by atoms with van der Waals surface area (Å²) in [6, 6.07) is 0.231. The monoisotopic (exact) mass is 250 g/mol. The molecule has 0 bridgehead atoms. The fourth-order valence-corrected chi connectivity index (χ4v) is 1.44. The van der Waals surface area contributed by atoms with Gasteiger partial charge in [0, 0.05) is 19.1 Å². The summed E-state index contributed by atoms with van der Waals surface area (Å²) in [7, 11) is 0. The molecular weight excluding hydrogens is 228 g/mol. The third-order valence-corrected chi connectivity index (χ3v) is 2.81. The molecule has 4 nitrogen and oxygen atoms in total. The number of carbonyl (C=O) groups is 1. The predicted molar refractivity (Wildman–Crippen MR) is 66.9 cm³/mol. The maximum atomic E-state index is 11.6. The van der Waals surface area contributed by atoms with Crippen molar-refractivity contribution in [3.05, 3.63) is 0 Å². The molecule has 5 heteroatoms. The number of hydrogen-bond donors (Lipinski definition) is 2. The first kappa shape index (κ1) is 15.7. The molecule has 2 unspecified atom stereocenters. The van der Waals surface area contributed by atoms with Gasteiger partial charge in [0.15, 0.2) is 0 Å². The minimum Gasteiger partial charge on any atom is -0.375 e. The van der Waals surface area contributed by atoms with Crippen molar-refractivity contribution in [2.75, 3.05) is 19.7 Å². The largest absolute Gasteiger partial charge is 0.375 e. The van der Waals surface area contributed by atoms with Crippen molar-refractivity contribution >= 4 is 18.3 Å². The van der Waals surface area contributed by atoms with Crippen molar-refractivity contribution in [3.63, 3.8) is 0 Å². The number of ether oxygens (including phenoxy) is 1. The van der Waals surface area contributed by atoms with Crippen LogP contribution in [0.4, 0.5) is 0 Å². The third kappa shape index (κ3) is 5.68. The van der Waals surface area contributed by atoms with Gasteiger partial charge in [-0.3, -0.25) is 4.79 Å². The Morgan fingerprint density at radius 3 is 2.69 bits per heavy atom. The van der Waals surface area contributed by atoms with Crippen molar-refractivity contribution in [1.82, 2.24) is 10.6 Å². The first-order valence-corrected chi connectivity index (χ1v) is 5.71. The summed E-state index contributed by atoms with van der Waals surface area (Å²) in [5, 5.41) is 6.19. The lowest BCUT2D eigenvalue weighted by Gasteiger charge is -2.24. The lowest BCUT2D eigenvalue weighted by Crippen LogP contribution is -2.43. The number of hydrogen-bond acceptors (Lipinski definition) is 3. The molecule has 0 radical (unpaired) electrons. The number of halogens is 1. The van der Waals surface area contributed by atoms with E-state index in [1.54, 1.807) is 0 Å². The van der Waals surface area contributed by atoms with Crippen molar-refractivity contribution < 1.29 is 9.53 Å². The topological polar surface area (TPSA) is 50.4 Å². The molecule has 1 amide bonds. The van der Waals surface area contributed by atoms with Crippen LogP contribution in [0.15, 0.2) is 0 Å². The zero-order valence-corrected chi connectivity index (χ0v) is 11.1. The number of amides is 1. The molecule has 16 heavy (non-hydrogen) atoms. The van der Waals surface area contributed by atoms with E-state index in [0.29, 0.717) is 18.9 Å². The molecule has 2 atom stereocenters. The van der Waals surface area contributed by atoms with E-state index in [4.69, 9.17) is 4.74 Å². The molecule has 0 spiro atoms. The number of rotatable bonds is 4. The molecular formula is C11H23ClN2O2. The maximum Gasteiger partial charge on any atom is 0.222 e. The van der Waals surface area contributed by atoms with Gasteiger partial charge >= 0.3 is 0 Å². The Labute approximate surface area is 104 Å². The Balaban J connectivity index is 0.00000225. The molecule has 0 aromatic heterocycles. The normalized spacial score (nSPS) is 22.4. The van der Waals surface area contributed by atoms with Crippen LogP contribution in [0.2, 0.25) is 0 Å². The van der Waals surface area contributed by atoms with Crippen molar-refractivity contribution in [2.45, 2.75) is 39.3 Å². The summed E-state index contributed by atoms with van der Waals surface area (Å²) in [4.78, 5) is 11.6. The zero-order valence-electron chi connectivity index (χ0n) is 10.3. The van der Waals surface area contributed by atoms with E-state index in [2.05, 4.69) is 24.5 Å². The van der Waals surface area contributed by atoms with Gasteiger partial charge in [-0.2, -0.15) is 0 Å². The molecule has 1 fully saturated rings. The molecule has 0 saturated carbocycles. The minimum atomic E-state index is 0. The van der Waals surface area contributed by atoms with Crippen LogP contribution in [-0.4, -0.2) is 37.7 Å². The SMILES string of the molecule is CC(C)C(C)NC(=O)CC1CNCCO1.Cl. The quantitative estimate of drug-likeness (QED) is 0.781. The maximum absolute atomic E-state index is 11.6. The van der Waals surface area contributed by atoms with Crippen molar-refractivity contribution in [2.24, 2.45) is 5.92 Å². The number of morpholine rings is 1. The van der Waals surface area contributed by atoms with Crippen LogP contribution in [0.3, 0.4) is 0 Å². The highest BCUT2D eigenvalue weighted by atomic mass is 35.5. The first-order chi connectivity index (χ1) is 7.09. The van der Waals surface area contributed by atoms with Crippen LogP contribution < -0.4 is 10.6 Å².